The zero-order valence-electron chi connectivity index (χ0n) is 7.58. The maximum absolute atomic E-state index is 9.19. The third-order valence-electron chi connectivity index (χ3n) is 2.08. The van der Waals surface area contributed by atoms with Crippen molar-refractivity contribution in [2.45, 2.75) is 11.5 Å². The number of aliphatic hydroxyl groups is 1. The molecule has 0 aliphatic rings. The summed E-state index contributed by atoms with van der Waals surface area (Å²) in [5.74, 6) is 0. The molecule has 74 valence electrons. The van der Waals surface area contributed by atoms with Crippen LogP contribution in [-0.2, 0) is 6.61 Å². The summed E-state index contributed by atoms with van der Waals surface area (Å²) in [5.41, 5.74) is 1.01. The molecule has 0 aliphatic heterocycles. The van der Waals surface area contributed by atoms with Gasteiger partial charge in [-0.25, -0.2) is 0 Å². The molecule has 1 heterocycles. The summed E-state index contributed by atoms with van der Waals surface area (Å²) >= 11 is 6.89. The Labute approximate surface area is 99.3 Å². The Morgan fingerprint density at radius 2 is 2.29 bits per heavy atom. The van der Waals surface area contributed by atoms with E-state index in [1.165, 1.54) is 15.0 Å². The smallest absolute Gasteiger partial charge is 0.0711 e. The van der Waals surface area contributed by atoms with E-state index in [0.29, 0.717) is 0 Å². The number of hydrogen-bond acceptors (Lipinski definition) is 3. The molecular formula is C10H9BrOS2. The second kappa shape index (κ2) is 4.23. The Balaban J connectivity index is 2.75. The normalized spacial score (nSPS) is 11.1. The first-order valence-corrected chi connectivity index (χ1v) is 6.95. The quantitative estimate of drug-likeness (QED) is 0.847. The number of halogens is 1. The molecule has 0 unspecified atom stereocenters. The van der Waals surface area contributed by atoms with Crippen molar-refractivity contribution in [1.29, 1.82) is 0 Å². The van der Waals surface area contributed by atoms with Crippen molar-refractivity contribution in [3.05, 3.63) is 27.5 Å². The number of fused-ring (bicyclic) bond motifs is 1. The molecule has 1 N–H and O–H groups in total. The topological polar surface area (TPSA) is 20.2 Å². The van der Waals surface area contributed by atoms with E-state index in [-0.39, 0.29) is 6.61 Å². The summed E-state index contributed by atoms with van der Waals surface area (Å²) in [6, 6.07) is 6.18. The van der Waals surface area contributed by atoms with E-state index in [1.54, 1.807) is 23.1 Å². The fourth-order valence-corrected chi connectivity index (χ4v) is 3.86. The first kappa shape index (κ1) is 10.5. The molecule has 0 bridgehead atoms. The monoisotopic (exact) mass is 288 g/mol. The van der Waals surface area contributed by atoms with Gasteiger partial charge in [0.2, 0.25) is 0 Å². The Morgan fingerprint density at radius 1 is 1.50 bits per heavy atom. The number of aliphatic hydroxyl groups excluding tert-OH is 1. The first-order valence-electron chi connectivity index (χ1n) is 4.12. The molecule has 4 heteroatoms. The standard InChI is InChI=1S/C10H9BrOS2/c1-13-10-6(5-12)2-3-8-7(10)4-9(11)14-8/h2-4,12H,5H2,1H3. The molecule has 2 rings (SSSR count). The van der Waals surface area contributed by atoms with Crippen molar-refractivity contribution in [3.63, 3.8) is 0 Å². The van der Waals surface area contributed by atoms with Gasteiger partial charge in [0.05, 0.1) is 10.4 Å². The lowest BCUT2D eigenvalue weighted by Gasteiger charge is -2.05. The van der Waals surface area contributed by atoms with Crippen LogP contribution in [0, 0.1) is 0 Å². The molecule has 1 aromatic carbocycles. The van der Waals surface area contributed by atoms with E-state index in [1.807, 2.05) is 12.3 Å². The molecule has 0 saturated carbocycles. The fourth-order valence-electron chi connectivity index (χ4n) is 1.47. The molecule has 1 aromatic heterocycles. The number of thiophene rings is 1. The average molecular weight is 289 g/mol. The molecular weight excluding hydrogens is 280 g/mol. The van der Waals surface area contributed by atoms with Crippen LogP contribution in [-0.4, -0.2) is 11.4 Å². The van der Waals surface area contributed by atoms with E-state index < -0.39 is 0 Å². The third-order valence-corrected chi connectivity index (χ3v) is 4.57. The molecule has 1 nitrogen and oxygen atoms in total. The lowest BCUT2D eigenvalue weighted by atomic mass is 10.2. The minimum Gasteiger partial charge on any atom is -0.392 e. The maximum Gasteiger partial charge on any atom is 0.0711 e. The second-order valence-electron chi connectivity index (χ2n) is 2.88. The SMILES string of the molecule is CSc1c(CO)ccc2sc(Br)cc12. The predicted octanol–water partition coefficient (Wildman–Crippen LogP) is 3.88. The van der Waals surface area contributed by atoms with Gasteiger partial charge in [-0.05, 0) is 39.9 Å². The Bertz CT molecular complexity index is 464. The number of rotatable bonds is 2. The highest BCUT2D eigenvalue weighted by Crippen LogP contribution is 2.37. The van der Waals surface area contributed by atoms with Crippen LogP contribution in [0.5, 0.6) is 0 Å². The highest BCUT2D eigenvalue weighted by Gasteiger charge is 2.08. The Hall–Kier alpha value is -0.0300. The van der Waals surface area contributed by atoms with Gasteiger partial charge in [-0.3, -0.25) is 0 Å². The van der Waals surface area contributed by atoms with Gasteiger partial charge in [0, 0.05) is 15.0 Å². The lowest BCUT2D eigenvalue weighted by Crippen LogP contribution is -1.86. The van der Waals surface area contributed by atoms with Crippen LogP contribution >= 0.6 is 39.0 Å². The first-order chi connectivity index (χ1) is 6.76. The van der Waals surface area contributed by atoms with Gasteiger partial charge in [0.25, 0.3) is 0 Å². The maximum atomic E-state index is 9.19. The zero-order chi connectivity index (χ0) is 10.1. The molecule has 0 atom stereocenters. The van der Waals surface area contributed by atoms with Crippen LogP contribution < -0.4 is 0 Å². The molecule has 14 heavy (non-hydrogen) atoms. The van der Waals surface area contributed by atoms with Crippen LogP contribution in [0.3, 0.4) is 0 Å². The summed E-state index contributed by atoms with van der Waals surface area (Å²) in [6.07, 6.45) is 2.04. The van der Waals surface area contributed by atoms with Gasteiger partial charge in [0.15, 0.2) is 0 Å². The van der Waals surface area contributed by atoms with E-state index in [0.717, 1.165) is 9.35 Å². The number of thioether (sulfide) groups is 1. The lowest BCUT2D eigenvalue weighted by molar-refractivity contribution is 0.279. The van der Waals surface area contributed by atoms with Crippen molar-refractivity contribution in [3.8, 4) is 0 Å². The van der Waals surface area contributed by atoms with Crippen molar-refractivity contribution < 1.29 is 5.11 Å². The molecule has 0 amide bonds. The zero-order valence-corrected chi connectivity index (χ0v) is 10.8. The molecule has 0 saturated heterocycles. The van der Waals surface area contributed by atoms with Crippen LogP contribution in [0.1, 0.15) is 5.56 Å². The van der Waals surface area contributed by atoms with E-state index >= 15 is 0 Å². The predicted molar refractivity (Wildman–Crippen MR) is 67.2 cm³/mol. The van der Waals surface area contributed by atoms with E-state index in [2.05, 4.69) is 28.1 Å². The molecule has 0 radical (unpaired) electrons. The minimum absolute atomic E-state index is 0.111. The molecule has 0 spiro atoms. The summed E-state index contributed by atoms with van der Waals surface area (Å²) in [5, 5.41) is 10.4. The summed E-state index contributed by atoms with van der Waals surface area (Å²) in [7, 11) is 0. The molecule has 2 aromatic rings. The van der Waals surface area contributed by atoms with Crippen LogP contribution in [0.15, 0.2) is 26.9 Å². The highest BCUT2D eigenvalue weighted by atomic mass is 79.9. The summed E-state index contributed by atoms with van der Waals surface area (Å²) < 4.78 is 2.40. The van der Waals surface area contributed by atoms with Crippen LogP contribution in [0.25, 0.3) is 10.1 Å². The summed E-state index contributed by atoms with van der Waals surface area (Å²) in [6.45, 7) is 0.111. The summed E-state index contributed by atoms with van der Waals surface area (Å²) in [4.78, 5) is 1.19. The van der Waals surface area contributed by atoms with Crippen molar-refractivity contribution in [2.24, 2.45) is 0 Å². The van der Waals surface area contributed by atoms with E-state index in [4.69, 9.17) is 0 Å². The number of benzene rings is 1. The van der Waals surface area contributed by atoms with Gasteiger partial charge >= 0.3 is 0 Å². The van der Waals surface area contributed by atoms with Crippen molar-refractivity contribution in [2.75, 3.05) is 6.26 Å². The average Bonchev–Trinajstić information content (AvgIpc) is 2.56. The van der Waals surface area contributed by atoms with Gasteiger partial charge < -0.3 is 5.11 Å². The minimum atomic E-state index is 0.111. The van der Waals surface area contributed by atoms with E-state index in [9.17, 15) is 5.11 Å². The largest absolute Gasteiger partial charge is 0.392 e. The van der Waals surface area contributed by atoms with Crippen LogP contribution in [0.4, 0.5) is 0 Å². The number of hydrogen-bond donors (Lipinski definition) is 1. The Kier molecular flexibility index (Phi) is 3.17. The van der Waals surface area contributed by atoms with Gasteiger partial charge in [-0.2, -0.15) is 0 Å². The van der Waals surface area contributed by atoms with Gasteiger partial charge in [0.1, 0.15) is 0 Å². The highest BCUT2D eigenvalue weighted by molar-refractivity contribution is 9.11. The molecule has 0 fully saturated rings. The van der Waals surface area contributed by atoms with Crippen molar-refractivity contribution in [1.82, 2.24) is 0 Å². The molecule has 0 aliphatic carbocycles. The fraction of sp³-hybridized carbons (Fsp3) is 0.200. The van der Waals surface area contributed by atoms with Crippen LogP contribution in [0.2, 0.25) is 0 Å². The second-order valence-corrected chi connectivity index (χ2v) is 6.16. The third kappa shape index (κ3) is 1.72. The van der Waals surface area contributed by atoms with Gasteiger partial charge in [-0.1, -0.05) is 6.07 Å². The van der Waals surface area contributed by atoms with Gasteiger partial charge in [-0.15, -0.1) is 23.1 Å². The van der Waals surface area contributed by atoms with Crippen molar-refractivity contribution >= 4 is 49.1 Å². The Morgan fingerprint density at radius 3 is 2.93 bits per heavy atom.